The van der Waals surface area contributed by atoms with Crippen LogP contribution >= 0.6 is 11.3 Å². The van der Waals surface area contributed by atoms with Crippen molar-refractivity contribution in [2.45, 2.75) is 33.4 Å². The molecule has 0 spiro atoms. The van der Waals surface area contributed by atoms with Crippen LogP contribution in [0.15, 0.2) is 22.0 Å². The summed E-state index contributed by atoms with van der Waals surface area (Å²) in [6.07, 6.45) is 0.751. The predicted octanol–water partition coefficient (Wildman–Crippen LogP) is 2.67. The van der Waals surface area contributed by atoms with Gasteiger partial charge in [-0.25, -0.2) is 4.79 Å². The van der Waals surface area contributed by atoms with Crippen LogP contribution in [0.5, 0.6) is 0 Å². The molecule has 0 bridgehead atoms. The highest BCUT2D eigenvalue weighted by Crippen LogP contribution is 2.09. The molecular weight excluding hydrogens is 288 g/mol. The second kappa shape index (κ2) is 7.21. The van der Waals surface area contributed by atoms with E-state index in [9.17, 15) is 4.79 Å². The van der Waals surface area contributed by atoms with Crippen molar-refractivity contribution in [3.63, 3.8) is 0 Å². The Morgan fingerprint density at radius 2 is 2.33 bits per heavy atom. The Morgan fingerprint density at radius 1 is 1.52 bits per heavy atom. The molecule has 0 aromatic carbocycles. The van der Waals surface area contributed by atoms with Crippen molar-refractivity contribution in [2.75, 3.05) is 7.05 Å². The number of urea groups is 1. The molecule has 2 heterocycles. The number of hydrogen-bond donors (Lipinski definition) is 1. The minimum atomic E-state index is -0.154. The zero-order valence-electron chi connectivity index (χ0n) is 12.5. The molecule has 2 rings (SSSR count). The molecule has 0 saturated carbocycles. The molecule has 114 valence electrons. The predicted molar refractivity (Wildman–Crippen MR) is 80.9 cm³/mol. The molecule has 2 aromatic heterocycles. The lowest BCUT2D eigenvalue weighted by molar-refractivity contribution is 0.205. The molecule has 2 aromatic rings. The van der Waals surface area contributed by atoms with Crippen molar-refractivity contribution in [3.05, 3.63) is 34.1 Å². The number of hydrogen-bond acceptors (Lipinski definition) is 5. The maximum absolute atomic E-state index is 12.0. The molecule has 0 aliphatic heterocycles. The van der Waals surface area contributed by atoms with Crippen molar-refractivity contribution in [1.29, 1.82) is 0 Å². The second-order valence-corrected chi connectivity index (χ2v) is 6.33. The third-order valence-corrected chi connectivity index (χ3v) is 3.69. The zero-order chi connectivity index (χ0) is 15.2. The lowest BCUT2D eigenvalue weighted by Gasteiger charge is -2.15. The Bertz CT molecular complexity index is 565. The molecule has 6 nitrogen and oxygen atoms in total. The van der Waals surface area contributed by atoms with Gasteiger partial charge in [0.2, 0.25) is 5.89 Å². The summed E-state index contributed by atoms with van der Waals surface area (Å²) >= 11 is 1.62. The van der Waals surface area contributed by atoms with Crippen LogP contribution in [0.2, 0.25) is 0 Å². The average molecular weight is 308 g/mol. The summed E-state index contributed by atoms with van der Waals surface area (Å²) in [5, 5.41) is 8.74. The van der Waals surface area contributed by atoms with Crippen LogP contribution in [-0.4, -0.2) is 28.1 Å². The summed E-state index contributed by atoms with van der Waals surface area (Å²) in [5.74, 6) is 1.61. The number of carbonyl (C=O) groups excluding carboxylic acids is 1. The van der Waals surface area contributed by atoms with Gasteiger partial charge < -0.3 is 14.7 Å². The Kier molecular flexibility index (Phi) is 5.32. The summed E-state index contributed by atoms with van der Waals surface area (Å²) in [5.41, 5.74) is 0. The fraction of sp³-hybridized carbons (Fsp3) is 0.500. The fourth-order valence-electron chi connectivity index (χ4n) is 1.78. The molecule has 0 atom stereocenters. The number of rotatable bonds is 6. The number of thiophene rings is 1. The van der Waals surface area contributed by atoms with E-state index in [1.54, 1.807) is 18.4 Å². The Labute approximate surface area is 128 Å². The normalized spacial score (nSPS) is 10.9. The summed E-state index contributed by atoms with van der Waals surface area (Å²) in [6, 6.07) is 3.80. The van der Waals surface area contributed by atoms with E-state index >= 15 is 0 Å². The molecule has 0 unspecified atom stereocenters. The molecule has 2 amide bonds. The Balaban J connectivity index is 1.81. The van der Waals surface area contributed by atoms with Gasteiger partial charge in [0.1, 0.15) is 0 Å². The van der Waals surface area contributed by atoms with Gasteiger partial charge in [0, 0.05) is 18.3 Å². The van der Waals surface area contributed by atoms with Crippen LogP contribution in [0.1, 0.15) is 30.4 Å². The van der Waals surface area contributed by atoms with Gasteiger partial charge in [-0.1, -0.05) is 25.1 Å². The SMILES string of the molecule is CC(C)Cc1nc(CN(C)C(=O)NCc2cccs2)no1. The highest BCUT2D eigenvalue weighted by Gasteiger charge is 2.14. The molecule has 0 radical (unpaired) electrons. The lowest BCUT2D eigenvalue weighted by atomic mass is 10.1. The average Bonchev–Trinajstić information content (AvgIpc) is 3.07. The fourth-order valence-corrected chi connectivity index (χ4v) is 2.43. The minimum Gasteiger partial charge on any atom is -0.339 e. The van der Waals surface area contributed by atoms with Crippen LogP contribution in [0.3, 0.4) is 0 Å². The molecule has 0 aliphatic carbocycles. The van der Waals surface area contributed by atoms with Crippen molar-refractivity contribution in [3.8, 4) is 0 Å². The molecular formula is C14H20N4O2S. The van der Waals surface area contributed by atoms with Crippen LogP contribution in [0, 0.1) is 5.92 Å². The number of carbonyl (C=O) groups is 1. The van der Waals surface area contributed by atoms with Gasteiger partial charge in [-0.15, -0.1) is 11.3 Å². The monoisotopic (exact) mass is 308 g/mol. The van der Waals surface area contributed by atoms with Gasteiger partial charge >= 0.3 is 6.03 Å². The zero-order valence-corrected chi connectivity index (χ0v) is 13.3. The van der Waals surface area contributed by atoms with E-state index in [0.29, 0.717) is 30.7 Å². The van der Waals surface area contributed by atoms with Crippen molar-refractivity contribution < 1.29 is 9.32 Å². The van der Waals surface area contributed by atoms with E-state index in [-0.39, 0.29) is 6.03 Å². The lowest BCUT2D eigenvalue weighted by Crippen LogP contribution is -2.36. The highest BCUT2D eigenvalue weighted by atomic mass is 32.1. The minimum absolute atomic E-state index is 0.154. The smallest absolute Gasteiger partial charge is 0.317 e. The molecule has 7 heteroatoms. The summed E-state index contributed by atoms with van der Waals surface area (Å²) in [6.45, 7) is 5.05. The van der Waals surface area contributed by atoms with E-state index < -0.39 is 0 Å². The van der Waals surface area contributed by atoms with Crippen LogP contribution in [-0.2, 0) is 19.5 Å². The molecule has 0 fully saturated rings. The maximum Gasteiger partial charge on any atom is 0.317 e. The third-order valence-electron chi connectivity index (χ3n) is 2.81. The molecule has 0 aliphatic rings. The highest BCUT2D eigenvalue weighted by molar-refractivity contribution is 7.09. The van der Waals surface area contributed by atoms with E-state index in [4.69, 9.17) is 4.52 Å². The summed E-state index contributed by atoms with van der Waals surface area (Å²) < 4.78 is 5.16. The van der Waals surface area contributed by atoms with Crippen molar-refractivity contribution in [1.82, 2.24) is 20.4 Å². The van der Waals surface area contributed by atoms with Crippen LogP contribution < -0.4 is 5.32 Å². The number of nitrogens with zero attached hydrogens (tertiary/aromatic N) is 3. The van der Waals surface area contributed by atoms with Gasteiger partial charge in [0.25, 0.3) is 0 Å². The number of amides is 2. The van der Waals surface area contributed by atoms with E-state index in [2.05, 4.69) is 29.3 Å². The maximum atomic E-state index is 12.0. The van der Waals surface area contributed by atoms with Crippen molar-refractivity contribution >= 4 is 17.4 Å². The van der Waals surface area contributed by atoms with Gasteiger partial charge in [-0.3, -0.25) is 0 Å². The molecule has 0 saturated heterocycles. The molecule has 21 heavy (non-hydrogen) atoms. The largest absolute Gasteiger partial charge is 0.339 e. The van der Waals surface area contributed by atoms with Gasteiger partial charge in [0.15, 0.2) is 5.82 Å². The third kappa shape index (κ3) is 4.86. The van der Waals surface area contributed by atoms with E-state index in [1.807, 2.05) is 17.5 Å². The first-order chi connectivity index (χ1) is 10.0. The Hall–Kier alpha value is -1.89. The van der Waals surface area contributed by atoms with Gasteiger partial charge in [0.05, 0.1) is 13.1 Å². The van der Waals surface area contributed by atoms with Gasteiger partial charge in [-0.05, 0) is 17.4 Å². The summed E-state index contributed by atoms with van der Waals surface area (Å²) in [4.78, 5) is 18.9. The van der Waals surface area contributed by atoms with Crippen LogP contribution in [0.4, 0.5) is 4.79 Å². The van der Waals surface area contributed by atoms with E-state index in [0.717, 1.165) is 11.3 Å². The van der Waals surface area contributed by atoms with Crippen molar-refractivity contribution in [2.24, 2.45) is 5.92 Å². The number of aromatic nitrogens is 2. The van der Waals surface area contributed by atoms with E-state index in [1.165, 1.54) is 4.90 Å². The first-order valence-electron chi connectivity index (χ1n) is 6.87. The summed E-state index contributed by atoms with van der Waals surface area (Å²) in [7, 11) is 1.71. The topological polar surface area (TPSA) is 71.3 Å². The first-order valence-corrected chi connectivity index (χ1v) is 7.75. The Morgan fingerprint density at radius 3 is 3.00 bits per heavy atom. The quantitative estimate of drug-likeness (QED) is 0.890. The molecule has 1 N–H and O–H groups in total. The first kappa shape index (κ1) is 15.5. The number of nitrogens with one attached hydrogen (secondary N) is 1. The standard InChI is InChI=1S/C14H20N4O2S/c1-10(2)7-13-16-12(17-20-13)9-18(3)14(19)15-8-11-5-4-6-21-11/h4-6,10H,7-9H2,1-3H3,(H,15,19). The second-order valence-electron chi connectivity index (χ2n) is 5.30. The van der Waals surface area contributed by atoms with Gasteiger partial charge in [-0.2, -0.15) is 4.98 Å². The van der Waals surface area contributed by atoms with Crippen LogP contribution in [0.25, 0.3) is 0 Å².